The Labute approximate surface area is 97.3 Å². The summed E-state index contributed by atoms with van der Waals surface area (Å²) >= 11 is 3.04. The lowest BCUT2D eigenvalue weighted by Gasteiger charge is -2.02. The molecular formula is C8H14N2O3S2. The third-order valence-electron chi connectivity index (χ3n) is 1.61. The Kier molecular flexibility index (Phi) is 5.89. The van der Waals surface area contributed by atoms with Crippen LogP contribution >= 0.6 is 23.5 Å². The normalized spacial score (nSPS) is 23.1. The summed E-state index contributed by atoms with van der Waals surface area (Å²) < 4.78 is 5.21. The third kappa shape index (κ3) is 4.76. The van der Waals surface area contributed by atoms with Crippen molar-refractivity contribution in [3.8, 4) is 0 Å². The number of nitrogens with zero attached hydrogens (tertiary/aromatic N) is 1. The van der Waals surface area contributed by atoms with Crippen molar-refractivity contribution in [2.75, 3.05) is 17.6 Å². The number of thioether (sulfide) groups is 2. The first-order valence-electron chi connectivity index (χ1n) is 4.59. The van der Waals surface area contributed by atoms with E-state index in [2.05, 4.69) is 15.3 Å². The number of hydrogen-bond acceptors (Lipinski definition) is 6. The van der Waals surface area contributed by atoms with E-state index in [1.807, 2.05) is 13.8 Å². The van der Waals surface area contributed by atoms with Gasteiger partial charge in [0.1, 0.15) is 11.1 Å². The highest BCUT2D eigenvalue weighted by molar-refractivity contribution is 8.14. The predicted molar refractivity (Wildman–Crippen MR) is 63.1 cm³/mol. The van der Waals surface area contributed by atoms with E-state index in [0.717, 1.165) is 5.75 Å². The van der Waals surface area contributed by atoms with Crippen molar-refractivity contribution >= 4 is 34.7 Å². The molecule has 7 heteroatoms. The van der Waals surface area contributed by atoms with Crippen molar-refractivity contribution in [1.82, 2.24) is 5.32 Å². The molecule has 5 nitrogen and oxygen atoms in total. The first-order chi connectivity index (χ1) is 7.24. The van der Waals surface area contributed by atoms with Gasteiger partial charge < -0.3 is 10.1 Å². The summed E-state index contributed by atoms with van der Waals surface area (Å²) in [4.78, 5) is 15.7. The fourth-order valence-electron chi connectivity index (χ4n) is 0.816. The highest BCUT2D eigenvalue weighted by atomic mass is 32.2. The molecule has 1 fully saturated rings. The van der Waals surface area contributed by atoms with Crippen LogP contribution in [-0.4, -0.2) is 34.8 Å². The van der Waals surface area contributed by atoms with Crippen LogP contribution in [0.15, 0.2) is 5.16 Å². The Balaban J connectivity index is 2.20. The second-order valence-corrected chi connectivity index (χ2v) is 4.91. The van der Waals surface area contributed by atoms with E-state index < -0.39 is 6.09 Å². The van der Waals surface area contributed by atoms with Gasteiger partial charge in [0, 0.05) is 0 Å². The molecule has 1 amide bonds. The van der Waals surface area contributed by atoms with Crippen LogP contribution in [0.5, 0.6) is 0 Å². The van der Waals surface area contributed by atoms with E-state index in [4.69, 9.17) is 4.74 Å². The molecule has 1 heterocycles. The minimum Gasteiger partial charge on any atom is -0.361 e. The highest BCUT2D eigenvalue weighted by Crippen LogP contribution is 2.19. The SMILES string of the molecule is CCSCNC(=O)ON=C1SCOC1C. The van der Waals surface area contributed by atoms with E-state index >= 15 is 0 Å². The maximum absolute atomic E-state index is 11.1. The summed E-state index contributed by atoms with van der Waals surface area (Å²) in [7, 11) is 0. The molecule has 0 aromatic carbocycles. The maximum atomic E-state index is 11.1. The smallest absolute Gasteiger partial charge is 0.361 e. The second-order valence-electron chi connectivity index (χ2n) is 2.69. The molecule has 1 N–H and O–H groups in total. The Hall–Kier alpha value is -0.400. The van der Waals surface area contributed by atoms with Crippen LogP contribution in [0.4, 0.5) is 4.79 Å². The molecule has 0 aliphatic carbocycles. The van der Waals surface area contributed by atoms with Gasteiger partial charge in [0.25, 0.3) is 0 Å². The average Bonchev–Trinajstić information content (AvgIpc) is 2.61. The monoisotopic (exact) mass is 250 g/mol. The van der Waals surface area contributed by atoms with Gasteiger partial charge in [-0.1, -0.05) is 23.8 Å². The molecule has 0 aromatic rings. The molecule has 0 aromatic heterocycles. The van der Waals surface area contributed by atoms with Gasteiger partial charge in [0.2, 0.25) is 0 Å². The first kappa shape index (κ1) is 12.7. The number of carbonyl (C=O) groups is 1. The summed E-state index contributed by atoms with van der Waals surface area (Å²) in [6.45, 7) is 3.89. The van der Waals surface area contributed by atoms with Crippen LogP contribution in [0.1, 0.15) is 13.8 Å². The van der Waals surface area contributed by atoms with Gasteiger partial charge >= 0.3 is 6.09 Å². The van der Waals surface area contributed by atoms with Crippen LogP contribution < -0.4 is 5.32 Å². The highest BCUT2D eigenvalue weighted by Gasteiger charge is 2.20. The molecular weight excluding hydrogens is 236 g/mol. The van der Waals surface area contributed by atoms with E-state index in [-0.39, 0.29) is 6.10 Å². The Morgan fingerprint density at radius 2 is 2.67 bits per heavy atom. The second kappa shape index (κ2) is 6.97. The zero-order chi connectivity index (χ0) is 11.1. The Morgan fingerprint density at radius 3 is 3.27 bits per heavy atom. The van der Waals surface area contributed by atoms with Gasteiger partial charge in [0.05, 0.1) is 11.8 Å². The van der Waals surface area contributed by atoms with Crippen molar-refractivity contribution in [3.05, 3.63) is 0 Å². The number of rotatable bonds is 4. The summed E-state index contributed by atoms with van der Waals surface area (Å²) in [5, 5.41) is 6.99. The van der Waals surface area contributed by atoms with Crippen LogP contribution in [-0.2, 0) is 9.57 Å². The lowest BCUT2D eigenvalue weighted by molar-refractivity contribution is 0.144. The molecule has 15 heavy (non-hydrogen) atoms. The molecule has 1 aliphatic heterocycles. The Bertz CT molecular complexity index is 248. The molecule has 1 rings (SSSR count). The number of nitrogens with one attached hydrogen (secondary N) is 1. The molecule has 0 radical (unpaired) electrons. The molecule has 1 saturated heterocycles. The molecule has 0 spiro atoms. The quantitative estimate of drug-likeness (QED) is 0.357. The molecule has 1 atom stereocenters. The van der Waals surface area contributed by atoms with Gasteiger partial charge in [-0.25, -0.2) is 4.79 Å². The van der Waals surface area contributed by atoms with Crippen molar-refractivity contribution in [1.29, 1.82) is 0 Å². The van der Waals surface area contributed by atoms with Gasteiger partial charge in [-0.05, 0) is 12.7 Å². The number of ether oxygens (including phenoxy) is 1. The maximum Gasteiger partial charge on any atom is 0.434 e. The van der Waals surface area contributed by atoms with Crippen molar-refractivity contribution in [3.63, 3.8) is 0 Å². The Morgan fingerprint density at radius 1 is 1.87 bits per heavy atom. The third-order valence-corrected chi connectivity index (χ3v) is 3.33. The summed E-state index contributed by atoms with van der Waals surface area (Å²) in [6.07, 6.45) is -0.601. The van der Waals surface area contributed by atoms with Gasteiger partial charge in [-0.3, -0.25) is 4.84 Å². The molecule has 86 valence electrons. The lowest BCUT2D eigenvalue weighted by atomic mass is 10.4. The van der Waals surface area contributed by atoms with Crippen molar-refractivity contribution in [2.24, 2.45) is 5.16 Å². The number of hydrogen-bond donors (Lipinski definition) is 1. The van der Waals surface area contributed by atoms with E-state index in [0.29, 0.717) is 16.9 Å². The van der Waals surface area contributed by atoms with E-state index in [1.165, 1.54) is 11.8 Å². The summed E-state index contributed by atoms with van der Waals surface area (Å²) in [6, 6.07) is 0. The van der Waals surface area contributed by atoms with Crippen molar-refractivity contribution in [2.45, 2.75) is 20.0 Å². The van der Waals surface area contributed by atoms with Crippen LogP contribution in [0, 0.1) is 0 Å². The molecule has 0 saturated carbocycles. The average molecular weight is 250 g/mol. The fraction of sp³-hybridized carbons (Fsp3) is 0.750. The van der Waals surface area contributed by atoms with Crippen LogP contribution in [0.3, 0.4) is 0 Å². The zero-order valence-corrected chi connectivity index (χ0v) is 10.3. The summed E-state index contributed by atoms with van der Waals surface area (Å²) in [5.74, 6) is 2.06. The fourth-order valence-corrected chi connectivity index (χ4v) is 2.03. The van der Waals surface area contributed by atoms with Gasteiger partial charge in [0.15, 0.2) is 0 Å². The van der Waals surface area contributed by atoms with Crippen LogP contribution in [0.2, 0.25) is 0 Å². The molecule has 1 aliphatic rings. The van der Waals surface area contributed by atoms with Gasteiger partial charge in [-0.2, -0.15) is 0 Å². The topological polar surface area (TPSA) is 59.9 Å². The largest absolute Gasteiger partial charge is 0.434 e. The van der Waals surface area contributed by atoms with E-state index in [1.54, 1.807) is 11.8 Å². The molecule has 1 unspecified atom stereocenters. The van der Waals surface area contributed by atoms with Gasteiger partial charge in [-0.15, -0.1) is 11.8 Å². The first-order valence-corrected chi connectivity index (χ1v) is 6.73. The van der Waals surface area contributed by atoms with E-state index in [9.17, 15) is 4.79 Å². The van der Waals surface area contributed by atoms with Crippen LogP contribution in [0.25, 0.3) is 0 Å². The standard InChI is InChI=1S/C8H14N2O3S2/c1-3-14-4-9-8(11)13-10-7-6(2)12-5-15-7/h6H,3-5H2,1-2H3,(H,9,11). The zero-order valence-electron chi connectivity index (χ0n) is 8.69. The lowest BCUT2D eigenvalue weighted by Crippen LogP contribution is -2.23. The van der Waals surface area contributed by atoms with Crippen molar-refractivity contribution < 1.29 is 14.4 Å². The number of carbonyl (C=O) groups excluding carboxylic acids is 1. The minimum absolute atomic E-state index is 0.0761. The predicted octanol–water partition coefficient (Wildman–Crippen LogP) is 1.85. The molecule has 0 bridgehead atoms. The summed E-state index contributed by atoms with van der Waals surface area (Å²) in [5.41, 5.74) is 0. The number of oxime groups is 1. The number of amides is 1. The minimum atomic E-state index is -0.525.